The third kappa shape index (κ3) is 4.52. The van der Waals surface area contributed by atoms with Crippen LogP contribution in [-0.4, -0.2) is 32.9 Å². The van der Waals surface area contributed by atoms with E-state index in [0.29, 0.717) is 31.4 Å². The summed E-state index contributed by atoms with van der Waals surface area (Å²) in [4.78, 5) is 23.5. The number of carbonyl (C=O) groups excluding carboxylic acids is 1. The highest BCUT2D eigenvalue weighted by molar-refractivity contribution is 5.90. The van der Waals surface area contributed by atoms with Crippen molar-refractivity contribution < 1.29 is 14.7 Å². The highest BCUT2D eigenvalue weighted by atomic mass is 16.4. The van der Waals surface area contributed by atoms with E-state index in [-0.39, 0.29) is 23.9 Å². The molecule has 28 heavy (non-hydrogen) atoms. The van der Waals surface area contributed by atoms with Crippen molar-refractivity contribution in [1.82, 2.24) is 15.1 Å². The fourth-order valence-corrected chi connectivity index (χ4v) is 3.73. The maximum Gasteiger partial charge on any atom is 0.319 e. The number of nitrogens with one attached hydrogen (secondary N) is 2. The highest BCUT2D eigenvalue weighted by Crippen LogP contribution is 2.28. The van der Waals surface area contributed by atoms with Gasteiger partial charge in [-0.2, -0.15) is 5.10 Å². The Morgan fingerprint density at radius 2 is 1.79 bits per heavy atom. The molecule has 0 atom stereocenters. The number of hydrogen-bond donors (Lipinski definition) is 3. The quantitative estimate of drug-likeness (QED) is 0.724. The number of carbonyl (C=O) groups is 2. The predicted molar refractivity (Wildman–Crippen MR) is 108 cm³/mol. The molecule has 2 amide bonds. The maximum atomic E-state index is 12.5. The van der Waals surface area contributed by atoms with Gasteiger partial charge in [-0.3, -0.25) is 4.79 Å². The molecule has 0 aliphatic heterocycles. The van der Waals surface area contributed by atoms with Gasteiger partial charge in [0.05, 0.1) is 29.2 Å². The Bertz CT molecular complexity index is 834. The van der Waals surface area contributed by atoms with Gasteiger partial charge < -0.3 is 15.7 Å². The summed E-state index contributed by atoms with van der Waals surface area (Å²) in [5.41, 5.74) is 3.76. The van der Waals surface area contributed by atoms with Crippen LogP contribution in [0.2, 0.25) is 0 Å². The molecule has 0 spiro atoms. The molecule has 2 aromatic rings. The molecule has 150 valence electrons. The first kappa shape index (κ1) is 19.9. The van der Waals surface area contributed by atoms with Crippen LogP contribution in [0.15, 0.2) is 30.5 Å². The number of aryl methyl sites for hydroxylation is 1. The molecule has 0 unspecified atom stereocenters. The zero-order chi connectivity index (χ0) is 20.3. The Balaban J connectivity index is 1.68. The Labute approximate surface area is 165 Å². The number of anilines is 1. The van der Waals surface area contributed by atoms with Gasteiger partial charge in [0.25, 0.3) is 0 Å². The fraction of sp³-hybridized carbons (Fsp3) is 0.476. The lowest BCUT2D eigenvalue weighted by atomic mass is 9.86. The summed E-state index contributed by atoms with van der Waals surface area (Å²) in [6.07, 6.45) is 4.25. The molecule has 3 N–H and O–H groups in total. The number of hydrogen-bond acceptors (Lipinski definition) is 3. The van der Waals surface area contributed by atoms with Gasteiger partial charge in [0.1, 0.15) is 0 Å². The molecule has 0 radical (unpaired) electrons. The second-order valence-electron chi connectivity index (χ2n) is 7.83. The summed E-state index contributed by atoms with van der Waals surface area (Å²) >= 11 is 0. The number of aromatic nitrogens is 2. The van der Waals surface area contributed by atoms with Crippen molar-refractivity contribution >= 4 is 17.7 Å². The number of urea groups is 1. The van der Waals surface area contributed by atoms with Crippen molar-refractivity contribution in [2.45, 2.75) is 58.4 Å². The van der Waals surface area contributed by atoms with E-state index in [1.807, 2.05) is 35.9 Å². The van der Waals surface area contributed by atoms with Gasteiger partial charge in [0.2, 0.25) is 0 Å². The summed E-state index contributed by atoms with van der Waals surface area (Å²) in [6, 6.07) is 7.83. The molecule has 1 heterocycles. The molecule has 7 nitrogen and oxygen atoms in total. The van der Waals surface area contributed by atoms with Crippen LogP contribution in [0.1, 0.15) is 56.7 Å². The SMILES string of the molecule is Cc1ccc(-n2ncc(NC(=O)NC3CCC(C(=O)O)CC3)c2C(C)C)cc1. The second-order valence-corrected chi connectivity index (χ2v) is 7.83. The van der Waals surface area contributed by atoms with E-state index in [1.165, 1.54) is 5.56 Å². The summed E-state index contributed by atoms with van der Waals surface area (Å²) < 4.78 is 1.86. The van der Waals surface area contributed by atoms with Crippen LogP contribution < -0.4 is 10.6 Å². The molecule has 1 fully saturated rings. The molecule has 0 saturated heterocycles. The summed E-state index contributed by atoms with van der Waals surface area (Å²) in [5.74, 6) is -0.862. The van der Waals surface area contributed by atoms with E-state index in [9.17, 15) is 9.59 Å². The van der Waals surface area contributed by atoms with Gasteiger partial charge in [0.15, 0.2) is 0 Å². The van der Waals surface area contributed by atoms with Crippen LogP contribution in [0.5, 0.6) is 0 Å². The van der Waals surface area contributed by atoms with Gasteiger partial charge >= 0.3 is 12.0 Å². The molecule has 1 aromatic heterocycles. The van der Waals surface area contributed by atoms with E-state index in [0.717, 1.165) is 11.4 Å². The maximum absolute atomic E-state index is 12.5. The lowest BCUT2D eigenvalue weighted by molar-refractivity contribution is -0.142. The van der Waals surface area contributed by atoms with Crippen molar-refractivity contribution in [3.8, 4) is 5.69 Å². The monoisotopic (exact) mass is 384 g/mol. The zero-order valence-corrected chi connectivity index (χ0v) is 16.6. The molecule has 1 saturated carbocycles. The van der Waals surface area contributed by atoms with Gasteiger partial charge in [-0.1, -0.05) is 31.5 Å². The Morgan fingerprint density at radius 3 is 2.36 bits per heavy atom. The van der Waals surface area contributed by atoms with Crippen molar-refractivity contribution in [3.05, 3.63) is 41.7 Å². The zero-order valence-electron chi connectivity index (χ0n) is 16.6. The van der Waals surface area contributed by atoms with Crippen molar-refractivity contribution in [3.63, 3.8) is 0 Å². The molecular weight excluding hydrogens is 356 g/mol. The van der Waals surface area contributed by atoms with Crippen LogP contribution in [0, 0.1) is 12.8 Å². The molecule has 1 aliphatic rings. The highest BCUT2D eigenvalue weighted by Gasteiger charge is 2.27. The first-order valence-corrected chi connectivity index (χ1v) is 9.80. The molecule has 0 bridgehead atoms. The average Bonchev–Trinajstić information content (AvgIpc) is 3.06. The number of benzene rings is 1. The Kier molecular flexibility index (Phi) is 6.02. The van der Waals surface area contributed by atoms with Crippen molar-refractivity contribution in [2.75, 3.05) is 5.32 Å². The van der Waals surface area contributed by atoms with E-state index >= 15 is 0 Å². The first-order valence-electron chi connectivity index (χ1n) is 9.80. The van der Waals surface area contributed by atoms with Crippen LogP contribution in [0.25, 0.3) is 5.69 Å². The second kappa shape index (κ2) is 8.46. The molecule has 7 heteroatoms. The number of carboxylic acids is 1. The van der Waals surface area contributed by atoms with Gasteiger partial charge in [-0.05, 0) is 50.7 Å². The summed E-state index contributed by atoms with van der Waals surface area (Å²) in [6.45, 7) is 6.17. The van der Waals surface area contributed by atoms with E-state index in [1.54, 1.807) is 6.20 Å². The van der Waals surface area contributed by atoms with Gasteiger partial charge in [-0.15, -0.1) is 0 Å². The first-order chi connectivity index (χ1) is 13.3. The van der Waals surface area contributed by atoms with Crippen LogP contribution in [0.4, 0.5) is 10.5 Å². The molecule has 1 aromatic carbocycles. The summed E-state index contributed by atoms with van der Waals surface area (Å²) in [5, 5.41) is 19.5. The third-order valence-corrected chi connectivity index (χ3v) is 5.29. The fourth-order valence-electron chi connectivity index (χ4n) is 3.73. The van der Waals surface area contributed by atoms with Crippen molar-refractivity contribution in [1.29, 1.82) is 0 Å². The lowest BCUT2D eigenvalue weighted by Gasteiger charge is -2.26. The Morgan fingerprint density at radius 1 is 1.14 bits per heavy atom. The lowest BCUT2D eigenvalue weighted by Crippen LogP contribution is -2.41. The van der Waals surface area contributed by atoms with Crippen molar-refractivity contribution in [2.24, 2.45) is 5.92 Å². The number of nitrogens with zero attached hydrogens (tertiary/aromatic N) is 2. The van der Waals surface area contributed by atoms with Gasteiger partial charge in [-0.25, -0.2) is 9.48 Å². The smallest absolute Gasteiger partial charge is 0.319 e. The normalized spacial score (nSPS) is 19.4. The van der Waals surface area contributed by atoms with Crippen LogP contribution in [-0.2, 0) is 4.79 Å². The molecule has 1 aliphatic carbocycles. The minimum Gasteiger partial charge on any atom is -0.481 e. The third-order valence-electron chi connectivity index (χ3n) is 5.29. The van der Waals surface area contributed by atoms with Crippen LogP contribution >= 0.6 is 0 Å². The number of amides is 2. The molecular formula is C21H28N4O3. The van der Waals surface area contributed by atoms with E-state index < -0.39 is 5.97 Å². The standard InChI is InChI=1S/C21H28N4O3/c1-13(2)19-18(12-22-25(19)17-10-4-14(3)5-11-17)24-21(28)23-16-8-6-15(7-9-16)20(26)27/h4-5,10-13,15-16H,6-9H2,1-3H3,(H,26,27)(H2,23,24,28). The number of rotatable bonds is 5. The topological polar surface area (TPSA) is 96.3 Å². The molecule has 3 rings (SSSR count). The van der Waals surface area contributed by atoms with E-state index in [4.69, 9.17) is 5.11 Å². The predicted octanol–water partition coefficient (Wildman–Crippen LogP) is 4.07. The van der Waals surface area contributed by atoms with Crippen LogP contribution in [0.3, 0.4) is 0 Å². The minimum absolute atomic E-state index is 0.00486. The van der Waals surface area contributed by atoms with Gasteiger partial charge in [0, 0.05) is 6.04 Å². The summed E-state index contributed by atoms with van der Waals surface area (Å²) in [7, 11) is 0. The minimum atomic E-state index is -0.743. The van der Waals surface area contributed by atoms with E-state index in [2.05, 4.69) is 29.6 Å². The number of carboxylic acid groups (broad SMARTS) is 1. The largest absolute Gasteiger partial charge is 0.481 e. The Hall–Kier alpha value is -2.83. The average molecular weight is 384 g/mol. The number of aliphatic carboxylic acids is 1.